The number of aryl methyl sites for hydroxylation is 1. The number of benzene rings is 1. The van der Waals surface area contributed by atoms with Crippen LogP contribution < -0.4 is 10.6 Å². The van der Waals surface area contributed by atoms with Gasteiger partial charge in [0.2, 0.25) is 17.7 Å². The molecule has 0 unspecified atom stereocenters. The molecule has 1 aliphatic heterocycles. The Kier molecular flexibility index (Phi) is 10.8. The van der Waals surface area contributed by atoms with E-state index in [0.717, 1.165) is 47.4 Å². The van der Waals surface area contributed by atoms with Crippen molar-refractivity contribution in [3.63, 3.8) is 0 Å². The van der Waals surface area contributed by atoms with Crippen molar-refractivity contribution < 1.29 is 29.4 Å². The number of amides is 3. The van der Waals surface area contributed by atoms with E-state index in [1.807, 2.05) is 64.4 Å². The SMILES string of the molecule is Cc1ncsc1-c1ccc([C@H](C)NC(=O)[C@@H]2C[C@@H](O)CN2C(=O)[C@@H](NC(=O)CC2CCC(CC(=O)O)CC2)C(C)(C)C)cc1. The highest BCUT2D eigenvalue weighted by atomic mass is 32.1. The van der Waals surface area contributed by atoms with Crippen LogP contribution in [0.4, 0.5) is 0 Å². The Morgan fingerprint density at radius 3 is 2.18 bits per heavy atom. The summed E-state index contributed by atoms with van der Waals surface area (Å²) >= 11 is 1.58. The van der Waals surface area contributed by atoms with Crippen molar-refractivity contribution in [3.05, 3.63) is 41.0 Å². The number of likely N-dealkylation sites (tertiary alicyclic amines) is 1. The van der Waals surface area contributed by atoms with Gasteiger partial charge in [-0.3, -0.25) is 19.2 Å². The Labute approximate surface area is 263 Å². The first-order chi connectivity index (χ1) is 20.7. The van der Waals surface area contributed by atoms with Gasteiger partial charge in [0.15, 0.2) is 0 Å². The lowest BCUT2D eigenvalue weighted by Gasteiger charge is -2.36. The molecule has 10 nitrogen and oxygen atoms in total. The van der Waals surface area contributed by atoms with Crippen LogP contribution in [0.1, 0.15) is 89.9 Å². The molecule has 3 amide bonds. The van der Waals surface area contributed by atoms with E-state index < -0.39 is 29.6 Å². The minimum atomic E-state index is -0.876. The number of β-amino-alcohol motifs (C(OH)–C–C–N with tert-alkyl or cyclic N) is 1. The quantitative estimate of drug-likeness (QED) is 0.304. The van der Waals surface area contributed by atoms with E-state index in [-0.39, 0.29) is 61.4 Å². The molecule has 1 saturated carbocycles. The minimum Gasteiger partial charge on any atom is -0.481 e. The standard InChI is InChI=1S/C33H46N4O6S/c1-19(23-10-12-24(13-11-23)29-20(2)34-18-44-29)35-31(42)26-16-25(38)17-37(26)32(43)30(33(3,4)5)36-27(39)14-21-6-8-22(9-7-21)15-28(40)41/h10-13,18-19,21-22,25-26,30,38H,6-9,14-17H2,1-5H3,(H,35,42)(H,36,39)(H,40,41)/t19-,21?,22?,25+,26-,30+/m0/s1. The summed E-state index contributed by atoms with van der Waals surface area (Å²) in [4.78, 5) is 58.4. The second-order valence-electron chi connectivity index (χ2n) is 13.6. The highest BCUT2D eigenvalue weighted by molar-refractivity contribution is 7.13. The number of hydrogen-bond acceptors (Lipinski definition) is 7. The number of hydrogen-bond donors (Lipinski definition) is 4. The molecule has 11 heteroatoms. The number of thiazole rings is 1. The number of aromatic nitrogens is 1. The number of aliphatic hydroxyl groups is 1. The second kappa shape index (κ2) is 14.2. The summed E-state index contributed by atoms with van der Waals surface area (Å²) in [5.41, 5.74) is 4.13. The molecule has 4 rings (SSSR count). The molecule has 0 spiro atoms. The summed E-state index contributed by atoms with van der Waals surface area (Å²) in [6.45, 7) is 9.48. The molecular weight excluding hydrogens is 580 g/mol. The lowest BCUT2D eigenvalue weighted by Crippen LogP contribution is -2.58. The normalized spacial score (nSPS) is 23.5. The predicted octanol–water partition coefficient (Wildman–Crippen LogP) is 4.46. The van der Waals surface area contributed by atoms with Gasteiger partial charge < -0.3 is 25.7 Å². The Morgan fingerprint density at radius 1 is 1.02 bits per heavy atom. The highest BCUT2D eigenvalue weighted by Gasteiger charge is 2.44. The summed E-state index contributed by atoms with van der Waals surface area (Å²) in [5, 5.41) is 25.5. The average molecular weight is 627 g/mol. The van der Waals surface area contributed by atoms with Crippen LogP contribution in [0, 0.1) is 24.2 Å². The summed E-state index contributed by atoms with van der Waals surface area (Å²) in [5.74, 6) is -1.46. The van der Waals surface area contributed by atoms with Gasteiger partial charge in [-0.25, -0.2) is 4.98 Å². The van der Waals surface area contributed by atoms with Gasteiger partial charge in [0.05, 0.1) is 28.2 Å². The smallest absolute Gasteiger partial charge is 0.303 e. The number of carbonyl (C=O) groups is 4. The number of carboxylic acids is 1. The van der Waals surface area contributed by atoms with Gasteiger partial charge in [-0.15, -0.1) is 11.3 Å². The first kappa shape index (κ1) is 33.6. The Bertz CT molecular complexity index is 1330. The van der Waals surface area contributed by atoms with E-state index in [2.05, 4.69) is 15.6 Å². The van der Waals surface area contributed by atoms with Gasteiger partial charge in [-0.1, -0.05) is 45.0 Å². The van der Waals surface area contributed by atoms with Crippen LogP contribution in [0.5, 0.6) is 0 Å². The van der Waals surface area contributed by atoms with Crippen molar-refractivity contribution >= 4 is 35.0 Å². The first-order valence-corrected chi connectivity index (χ1v) is 16.4. The van der Waals surface area contributed by atoms with E-state index in [0.29, 0.717) is 0 Å². The summed E-state index contributed by atoms with van der Waals surface area (Å²) < 4.78 is 0. The lowest BCUT2D eigenvalue weighted by molar-refractivity contribution is -0.144. The Hall–Kier alpha value is -3.31. The van der Waals surface area contributed by atoms with Gasteiger partial charge in [-0.2, -0.15) is 0 Å². The second-order valence-corrected chi connectivity index (χ2v) is 14.4. The average Bonchev–Trinajstić information content (AvgIpc) is 3.57. The Morgan fingerprint density at radius 2 is 1.64 bits per heavy atom. The van der Waals surface area contributed by atoms with E-state index in [1.54, 1.807) is 11.3 Å². The fourth-order valence-corrected chi connectivity index (χ4v) is 7.20. The maximum Gasteiger partial charge on any atom is 0.303 e. The Balaban J connectivity index is 1.38. The number of carbonyl (C=O) groups excluding carboxylic acids is 3. The van der Waals surface area contributed by atoms with E-state index in [4.69, 9.17) is 5.11 Å². The molecule has 2 aliphatic rings. The number of aliphatic hydroxyl groups excluding tert-OH is 1. The van der Waals surface area contributed by atoms with Crippen molar-refractivity contribution in [1.29, 1.82) is 0 Å². The predicted molar refractivity (Wildman–Crippen MR) is 169 cm³/mol. The molecule has 2 heterocycles. The number of carboxylic acid groups (broad SMARTS) is 1. The first-order valence-electron chi connectivity index (χ1n) is 15.5. The number of rotatable bonds is 10. The molecule has 1 aromatic heterocycles. The van der Waals surface area contributed by atoms with Crippen LogP contribution in [0.15, 0.2) is 29.8 Å². The molecule has 4 N–H and O–H groups in total. The summed E-state index contributed by atoms with van der Waals surface area (Å²) in [6, 6.07) is 5.89. The molecular formula is C33H46N4O6S. The molecule has 1 saturated heterocycles. The molecule has 2 aromatic rings. The number of nitrogens with zero attached hydrogens (tertiary/aromatic N) is 2. The van der Waals surface area contributed by atoms with E-state index >= 15 is 0 Å². The van der Waals surface area contributed by atoms with E-state index in [1.165, 1.54) is 4.90 Å². The van der Waals surface area contributed by atoms with Crippen LogP contribution in [0.3, 0.4) is 0 Å². The fourth-order valence-electron chi connectivity index (χ4n) is 6.38. The minimum absolute atomic E-state index is 0.0181. The van der Waals surface area contributed by atoms with Crippen molar-refractivity contribution in [2.75, 3.05) is 6.54 Å². The molecule has 1 aliphatic carbocycles. The number of aliphatic carboxylic acids is 1. The van der Waals surface area contributed by atoms with Crippen LogP contribution >= 0.6 is 11.3 Å². The fraction of sp³-hybridized carbons (Fsp3) is 0.606. The van der Waals surface area contributed by atoms with Gasteiger partial charge in [0.1, 0.15) is 12.1 Å². The van der Waals surface area contributed by atoms with Crippen LogP contribution in [-0.4, -0.2) is 68.5 Å². The molecule has 1 aromatic carbocycles. The van der Waals surface area contributed by atoms with Crippen molar-refractivity contribution in [2.45, 2.75) is 104 Å². The van der Waals surface area contributed by atoms with Crippen LogP contribution in [0.2, 0.25) is 0 Å². The monoisotopic (exact) mass is 626 g/mol. The lowest BCUT2D eigenvalue weighted by atomic mass is 9.79. The zero-order valence-electron chi connectivity index (χ0n) is 26.3. The van der Waals surface area contributed by atoms with Crippen molar-refractivity contribution in [3.8, 4) is 10.4 Å². The van der Waals surface area contributed by atoms with Gasteiger partial charge >= 0.3 is 5.97 Å². The maximum atomic E-state index is 13.9. The third-order valence-electron chi connectivity index (χ3n) is 8.96. The molecule has 44 heavy (non-hydrogen) atoms. The van der Waals surface area contributed by atoms with E-state index in [9.17, 15) is 24.3 Å². The van der Waals surface area contributed by atoms with Crippen molar-refractivity contribution in [2.24, 2.45) is 17.3 Å². The summed E-state index contributed by atoms with van der Waals surface area (Å²) in [7, 11) is 0. The van der Waals surface area contributed by atoms with Gasteiger partial charge in [-0.05, 0) is 67.9 Å². The summed E-state index contributed by atoms with van der Waals surface area (Å²) in [6.07, 6.45) is 2.84. The number of nitrogens with one attached hydrogen (secondary N) is 2. The third-order valence-corrected chi connectivity index (χ3v) is 9.94. The molecule has 0 radical (unpaired) electrons. The zero-order valence-corrected chi connectivity index (χ0v) is 27.2. The molecule has 240 valence electrons. The topological polar surface area (TPSA) is 149 Å². The largest absolute Gasteiger partial charge is 0.481 e. The zero-order chi connectivity index (χ0) is 32.2. The molecule has 4 atom stereocenters. The van der Waals surface area contributed by atoms with Crippen molar-refractivity contribution in [1.82, 2.24) is 20.5 Å². The van der Waals surface area contributed by atoms with Gasteiger partial charge in [0.25, 0.3) is 0 Å². The molecule has 0 bridgehead atoms. The maximum absolute atomic E-state index is 13.9. The third kappa shape index (κ3) is 8.44. The highest BCUT2D eigenvalue weighted by Crippen LogP contribution is 2.33. The van der Waals surface area contributed by atoms with Gasteiger partial charge in [0, 0.05) is 25.8 Å². The van der Waals surface area contributed by atoms with Crippen LogP contribution in [-0.2, 0) is 19.2 Å². The molecule has 2 fully saturated rings. The van der Waals surface area contributed by atoms with Crippen LogP contribution in [0.25, 0.3) is 10.4 Å².